The highest BCUT2D eigenvalue weighted by Gasteiger charge is 2.23. The number of rotatable bonds is 5. The predicted octanol–water partition coefficient (Wildman–Crippen LogP) is 3.09. The summed E-state index contributed by atoms with van der Waals surface area (Å²) in [7, 11) is 0. The molecule has 1 aromatic carbocycles. The molecule has 0 aliphatic carbocycles. The molecule has 100 valence electrons. The van der Waals surface area contributed by atoms with Crippen LogP contribution in [0.5, 0.6) is 0 Å². The van der Waals surface area contributed by atoms with E-state index < -0.39 is 0 Å². The topological polar surface area (TPSA) is 38.8 Å². The van der Waals surface area contributed by atoms with Crippen molar-refractivity contribution in [3.63, 3.8) is 0 Å². The number of hydrogen-bond acceptors (Lipinski definition) is 3. The number of esters is 1. The summed E-state index contributed by atoms with van der Waals surface area (Å²) in [6.07, 6.45) is 4.95. The van der Waals surface area contributed by atoms with Gasteiger partial charge < -0.3 is 9.47 Å². The van der Waals surface area contributed by atoms with Gasteiger partial charge in [-0.05, 0) is 11.1 Å². The Morgan fingerprint density at radius 1 is 1.26 bits per heavy atom. The lowest BCUT2D eigenvalue weighted by Gasteiger charge is -1.96. The van der Waals surface area contributed by atoms with Crippen LogP contribution >= 0.6 is 0 Å². The second-order valence-corrected chi connectivity index (χ2v) is 3.83. The van der Waals surface area contributed by atoms with Crippen LogP contribution in [0.3, 0.4) is 0 Å². The average Bonchev–Trinajstić information content (AvgIpc) is 3.29. The molecule has 1 saturated heterocycles. The van der Waals surface area contributed by atoms with Gasteiger partial charge in [0, 0.05) is 6.08 Å². The smallest absolute Gasteiger partial charge is 0.330 e. The van der Waals surface area contributed by atoms with Gasteiger partial charge in [0.15, 0.2) is 0 Å². The largest absolute Gasteiger partial charge is 0.460 e. The summed E-state index contributed by atoms with van der Waals surface area (Å²) < 4.78 is 9.42. The second kappa shape index (κ2) is 8.06. The number of benzene rings is 1. The molecule has 19 heavy (non-hydrogen) atoms. The van der Waals surface area contributed by atoms with Gasteiger partial charge in [-0.15, -0.1) is 0 Å². The zero-order valence-electron chi connectivity index (χ0n) is 10.9. The first-order chi connectivity index (χ1) is 9.21. The Labute approximate surface area is 113 Å². The van der Waals surface area contributed by atoms with Crippen molar-refractivity contribution < 1.29 is 14.3 Å². The van der Waals surface area contributed by atoms with Crippen LogP contribution in [-0.4, -0.2) is 25.3 Å². The molecule has 1 heterocycles. The van der Waals surface area contributed by atoms with E-state index in [1.165, 1.54) is 0 Å². The Kier molecular flexibility index (Phi) is 6.33. The van der Waals surface area contributed by atoms with Crippen molar-refractivity contribution in [2.45, 2.75) is 6.10 Å². The highest BCUT2D eigenvalue weighted by atomic mass is 16.6. The van der Waals surface area contributed by atoms with E-state index in [9.17, 15) is 4.79 Å². The maximum absolute atomic E-state index is 10.3. The molecule has 1 aromatic rings. The fourth-order valence-electron chi connectivity index (χ4n) is 1.28. The number of carbonyl (C=O) groups is 1. The van der Waals surface area contributed by atoms with E-state index in [1.807, 2.05) is 36.4 Å². The fourth-order valence-corrected chi connectivity index (χ4v) is 1.28. The van der Waals surface area contributed by atoms with E-state index in [0.717, 1.165) is 17.2 Å². The Hall–Kier alpha value is -2.13. The minimum atomic E-state index is -0.384. The molecule has 0 radical (unpaired) electrons. The third-order valence-corrected chi connectivity index (χ3v) is 2.42. The quantitative estimate of drug-likeness (QED) is 0.463. The van der Waals surface area contributed by atoms with Crippen LogP contribution in [0.2, 0.25) is 0 Å². The first kappa shape index (κ1) is 14.9. The molecule has 0 bridgehead atoms. The van der Waals surface area contributed by atoms with Crippen LogP contribution in [0.25, 0.3) is 12.2 Å². The van der Waals surface area contributed by atoms with E-state index in [2.05, 4.69) is 24.5 Å². The summed E-state index contributed by atoms with van der Waals surface area (Å²) in [6.45, 7) is 11.7. The number of carbonyl (C=O) groups excluding carboxylic acids is 1. The SMILES string of the molecule is C=CC(=O)OCC1CO1.C=Cc1ccccc1C=C. The van der Waals surface area contributed by atoms with Gasteiger partial charge in [-0.3, -0.25) is 0 Å². The summed E-state index contributed by atoms with van der Waals surface area (Å²) in [4.78, 5) is 10.3. The lowest BCUT2D eigenvalue weighted by molar-refractivity contribution is -0.138. The van der Waals surface area contributed by atoms with Gasteiger partial charge in [0.2, 0.25) is 0 Å². The second-order valence-electron chi connectivity index (χ2n) is 3.83. The van der Waals surface area contributed by atoms with Crippen molar-refractivity contribution in [1.82, 2.24) is 0 Å². The van der Waals surface area contributed by atoms with Crippen LogP contribution < -0.4 is 0 Å². The third-order valence-electron chi connectivity index (χ3n) is 2.42. The summed E-state index contributed by atoms with van der Waals surface area (Å²) in [5.74, 6) is -0.384. The molecule has 1 aliphatic rings. The maximum Gasteiger partial charge on any atom is 0.330 e. The molecule has 0 saturated carbocycles. The molecule has 0 N–H and O–H groups in total. The standard InChI is InChI=1S/C10H10.C6H8O3/c1-3-9-7-5-6-8-10(9)4-2;1-2-6(7)9-4-5-3-8-5/h3-8H,1-2H2;2,5H,1,3-4H2. The van der Waals surface area contributed by atoms with Gasteiger partial charge in [-0.25, -0.2) is 4.79 Å². The number of epoxide rings is 1. The summed E-state index contributed by atoms with van der Waals surface area (Å²) in [5.41, 5.74) is 2.27. The Bertz CT molecular complexity index is 432. The number of hydrogen-bond donors (Lipinski definition) is 0. The van der Waals surface area contributed by atoms with E-state index in [-0.39, 0.29) is 12.1 Å². The fraction of sp³-hybridized carbons (Fsp3) is 0.188. The van der Waals surface area contributed by atoms with Gasteiger partial charge in [-0.2, -0.15) is 0 Å². The lowest BCUT2D eigenvalue weighted by atomic mass is 10.1. The first-order valence-corrected chi connectivity index (χ1v) is 5.96. The predicted molar refractivity (Wildman–Crippen MR) is 77.5 cm³/mol. The monoisotopic (exact) mass is 258 g/mol. The van der Waals surface area contributed by atoms with Crippen LogP contribution in [-0.2, 0) is 14.3 Å². The van der Waals surface area contributed by atoms with Crippen molar-refractivity contribution in [2.75, 3.05) is 13.2 Å². The van der Waals surface area contributed by atoms with E-state index >= 15 is 0 Å². The van der Waals surface area contributed by atoms with Crippen LogP contribution in [0, 0.1) is 0 Å². The zero-order chi connectivity index (χ0) is 14.1. The molecule has 1 atom stereocenters. The molecule has 3 heteroatoms. The molecule has 0 amide bonds. The molecule has 1 fully saturated rings. The Morgan fingerprint density at radius 2 is 1.79 bits per heavy atom. The van der Waals surface area contributed by atoms with E-state index in [4.69, 9.17) is 4.74 Å². The number of ether oxygens (including phenoxy) is 2. The summed E-state index contributed by atoms with van der Waals surface area (Å²) in [5, 5.41) is 0. The molecule has 1 aliphatic heterocycles. The van der Waals surface area contributed by atoms with Gasteiger partial charge in [0.1, 0.15) is 12.7 Å². The molecule has 0 spiro atoms. The van der Waals surface area contributed by atoms with Gasteiger partial charge in [0.25, 0.3) is 0 Å². The summed E-state index contributed by atoms with van der Waals surface area (Å²) >= 11 is 0. The van der Waals surface area contributed by atoms with Crippen LogP contribution in [0.1, 0.15) is 11.1 Å². The summed E-state index contributed by atoms with van der Waals surface area (Å²) in [6, 6.07) is 8.02. The van der Waals surface area contributed by atoms with E-state index in [0.29, 0.717) is 13.2 Å². The van der Waals surface area contributed by atoms with Crippen molar-refractivity contribution in [1.29, 1.82) is 0 Å². The maximum atomic E-state index is 10.3. The highest BCUT2D eigenvalue weighted by Crippen LogP contribution is 2.10. The molecular formula is C16H18O3. The minimum absolute atomic E-state index is 0.147. The van der Waals surface area contributed by atoms with Crippen molar-refractivity contribution in [2.24, 2.45) is 0 Å². The molecule has 1 unspecified atom stereocenters. The molecule has 3 nitrogen and oxygen atoms in total. The Morgan fingerprint density at radius 3 is 2.16 bits per heavy atom. The van der Waals surface area contributed by atoms with Crippen LogP contribution in [0.15, 0.2) is 50.1 Å². The lowest BCUT2D eigenvalue weighted by Crippen LogP contribution is -2.06. The molecular weight excluding hydrogens is 240 g/mol. The van der Waals surface area contributed by atoms with Crippen molar-refractivity contribution >= 4 is 18.1 Å². The van der Waals surface area contributed by atoms with E-state index in [1.54, 1.807) is 0 Å². The molecule has 2 rings (SSSR count). The highest BCUT2D eigenvalue weighted by molar-refractivity contribution is 5.81. The van der Waals surface area contributed by atoms with Crippen LogP contribution in [0.4, 0.5) is 0 Å². The normalized spacial score (nSPS) is 15.5. The van der Waals surface area contributed by atoms with Gasteiger partial charge in [0.05, 0.1) is 6.61 Å². The minimum Gasteiger partial charge on any atom is -0.460 e. The third kappa shape index (κ3) is 5.84. The zero-order valence-corrected chi connectivity index (χ0v) is 10.9. The average molecular weight is 258 g/mol. The Balaban J connectivity index is 0.000000191. The van der Waals surface area contributed by atoms with Gasteiger partial charge >= 0.3 is 5.97 Å². The van der Waals surface area contributed by atoms with Gasteiger partial charge in [-0.1, -0.05) is 56.2 Å². The van der Waals surface area contributed by atoms with Crippen molar-refractivity contribution in [3.8, 4) is 0 Å². The first-order valence-electron chi connectivity index (χ1n) is 5.96. The van der Waals surface area contributed by atoms with Crippen molar-refractivity contribution in [3.05, 3.63) is 61.2 Å². The molecule has 0 aromatic heterocycles.